The van der Waals surface area contributed by atoms with Crippen LogP contribution in [-0.2, 0) is 4.74 Å². The molecule has 1 aliphatic rings. The highest BCUT2D eigenvalue weighted by atomic mass is 16.5. The van der Waals surface area contributed by atoms with Gasteiger partial charge in [-0.3, -0.25) is 4.57 Å². The van der Waals surface area contributed by atoms with Crippen molar-refractivity contribution in [2.24, 2.45) is 0 Å². The Labute approximate surface area is 92.7 Å². The molecule has 0 bridgehead atoms. The average molecular weight is 225 g/mol. The smallest absolute Gasteiger partial charge is 0.351 e. The fraction of sp³-hybridized carbons (Fsp3) is 0.600. The Bertz CT molecular complexity index is 447. The molecule has 1 aliphatic heterocycles. The summed E-state index contributed by atoms with van der Waals surface area (Å²) in [6.07, 6.45) is 0.737. The van der Waals surface area contributed by atoms with Crippen LogP contribution in [0.4, 0.5) is 5.82 Å². The molecule has 6 heteroatoms. The molecular formula is C10H15N3O3. The highest BCUT2D eigenvalue weighted by Crippen LogP contribution is 2.27. The van der Waals surface area contributed by atoms with Crippen molar-refractivity contribution >= 4 is 5.82 Å². The summed E-state index contributed by atoms with van der Waals surface area (Å²) in [5.74, 6) is 0.229. The molecule has 0 amide bonds. The molecule has 16 heavy (non-hydrogen) atoms. The summed E-state index contributed by atoms with van der Waals surface area (Å²) in [6.45, 7) is 3.54. The molecule has 1 saturated heterocycles. The maximum Gasteiger partial charge on any atom is 0.351 e. The van der Waals surface area contributed by atoms with Crippen molar-refractivity contribution < 1.29 is 9.84 Å². The summed E-state index contributed by atoms with van der Waals surface area (Å²) >= 11 is 0. The van der Waals surface area contributed by atoms with Gasteiger partial charge in [0.2, 0.25) is 0 Å². The van der Waals surface area contributed by atoms with Crippen LogP contribution in [0.25, 0.3) is 0 Å². The van der Waals surface area contributed by atoms with Crippen molar-refractivity contribution in [1.82, 2.24) is 9.55 Å². The molecule has 88 valence electrons. The third-order valence-corrected chi connectivity index (χ3v) is 2.84. The minimum atomic E-state index is -0.547. The van der Waals surface area contributed by atoms with Crippen LogP contribution < -0.4 is 11.4 Å². The van der Waals surface area contributed by atoms with Crippen molar-refractivity contribution in [2.75, 3.05) is 5.73 Å². The lowest BCUT2D eigenvalue weighted by Gasteiger charge is -2.14. The van der Waals surface area contributed by atoms with Crippen LogP contribution in [0, 0.1) is 6.92 Å². The van der Waals surface area contributed by atoms with Gasteiger partial charge in [0.15, 0.2) is 0 Å². The molecule has 1 aromatic rings. The van der Waals surface area contributed by atoms with Gasteiger partial charge >= 0.3 is 5.69 Å². The van der Waals surface area contributed by atoms with Crippen molar-refractivity contribution in [3.05, 3.63) is 22.2 Å². The number of nitrogens with zero attached hydrogens (tertiary/aromatic N) is 2. The molecule has 2 rings (SSSR count). The number of aliphatic hydroxyl groups is 1. The molecule has 3 atom stereocenters. The molecule has 0 radical (unpaired) electrons. The van der Waals surface area contributed by atoms with Crippen LogP contribution in [0.5, 0.6) is 0 Å². The number of nitrogen functional groups attached to an aromatic ring is 1. The van der Waals surface area contributed by atoms with E-state index in [2.05, 4.69) is 4.98 Å². The van der Waals surface area contributed by atoms with E-state index in [1.165, 1.54) is 4.57 Å². The van der Waals surface area contributed by atoms with Crippen LogP contribution in [0.3, 0.4) is 0 Å². The van der Waals surface area contributed by atoms with Gasteiger partial charge in [-0.25, -0.2) is 4.79 Å². The number of anilines is 1. The van der Waals surface area contributed by atoms with Gasteiger partial charge in [-0.1, -0.05) is 0 Å². The van der Waals surface area contributed by atoms with Crippen molar-refractivity contribution in [3.8, 4) is 0 Å². The monoisotopic (exact) mass is 225 g/mol. The lowest BCUT2D eigenvalue weighted by Crippen LogP contribution is -2.28. The molecule has 1 fully saturated rings. The molecule has 2 heterocycles. The van der Waals surface area contributed by atoms with Crippen molar-refractivity contribution in [1.29, 1.82) is 0 Å². The topological polar surface area (TPSA) is 90.4 Å². The Morgan fingerprint density at radius 2 is 2.38 bits per heavy atom. The molecule has 0 spiro atoms. The summed E-state index contributed by atoms with van der Waals surface area (Å²) in [6, 6.07) is 0. The highest BCUT2D eigenvalue weighted by Gasteiger charge is 2.32. The standard InChI is InChI=1S/C10H15N3O3/c1-5-4-13(10(15)12-9(5)11)8-3-7(14)6(2)16-8/h4,6-8,14H,3H2,1-2H3,(H2,11,12,15)/t6-,7+,8-/m1/s1. The first kappa shape index (κ1) is 11.1. The van der Waals surface area contributed by atoms with Crippen LogP contribution in [0.1, 0.15) is 25.1 Å². The van der Waals surface area contributed by atoms with E-state index in [1.54, 1.807) is 20.0 Å². The zero-order valence-corrected chi connectivity index (χ0v) is 9.25. The summed E-state index contributed by atoms with van der Waals surface area (Å²) in [4.78, 5) is 15.3. The van der Waals surface area contributed by atoms with Crippen LogP contribution in [0.2, 0.25) is 0 Å². The summed E-state index contributed by atoms with van der Waals surface area (Å²) < 4.78 is 6.84. The molecule has 3 N–H and O–H groups in total. The Kier molecular flexibility index (Phi) is 2.69. The Balaban J connectivity index is 2.35. The van der Waals surface area contributed by atoms with Crippen LogP contribution in [-0.4, -0.2) is 26.9 Å². The summed E-state index contributed by atoms with van der Waals surface area (Å²) in [5, 5.41) is 9.56. The van der Waals surface area contributed by atoms with E-state index in [0.717, 1.165) is 5.56 Å². The number of hydrogen-bond donors (Lipinski definition) is 2. The van der Waals surface area contributed by atoms with E-state index in [4.69, 9.17) is 10.5 Å². The van der Waals surface area contributed by atoms with Gasteiger partial charge in [-0.15, -0.1) is 0 Å². The number of aromatic nitrogens is 2. The molecule has 0 aromatic carbocycles. The van der Waals surface area contributed by atoms with Gasteiger partial charge in [0, 0.05) is 18.2 Å². The van der Waals surface area contributed by atoms with E-state index >= 15 is 0 Å². The van der Waals surface area contributed by atoms with Gasteiger partial charge in [-0.05, 0) is 13.8 Å². The fourth-order valence-corrected chi connectivity index (χ4v) is 1.76. The summed E-state index contributed by atoms with van der Waals surface area (Å²) in [7, 11) is 0. The number of aryl methyl sites for hydroxylation is 1. The zero-order chi connectivity index (χ0) is 11.9. The van der Waals surface area contributed by atoms with Crippen LogP contribution >= 0.6 is 0 Å². The van der Waals surface area contributed by atoms with Gasteiger partial charge in [-0.2, -0.15) is 4.98 Å². The highest BCUT2D eigenvalue weighted by molar-refractivity contribution is 5.35. The zero-order valence-electron chi connectivity index (χ0n) is 9.25. The van der Waals surface area contributed by atoms with E-state index in [1.807, 2.05) is 0 Å². The van der Waals surface area contributed by atoms with E-state index in [-0.39, 0.29) is 11.9 Å². The first-order chi connectivity index (χ1) is 7.49. The lowest BCUT2D eigenvalue weighted by molar-refractivity contribution is -0.0101. The van der Waals surface area contributed by atoms with Crippen molar-refractivity contribution in [3.63, 3.8) is 0 Å². The molecule has 6 nitrogen and oxygen atoms in total. The van der Waals surface area contributed by atoms with Gasteiger partial charge < -0.3 is 15.6 Å². The number of nitrogens with two attached hydrogens (primary N) is 1. The second kappa shape index (κ2) is 3.88. The number of hydrogen-bond acceptors (Lipinski definition) is 5. The summed E-state index contributed by atoms with van der Waals surface area (Å²) in [5.41, 5.74) is 5.80. The van der Waals surface area contributed by atoms with Gasteiger partial charge in [0.05, 0.1) is 12.2 Å². The maximum atomic E-state index is 11.6. The Hall–Kier alpha value is -1.40. The molecule has 0 saturated carbocycles. The third kappa shape index (κ3) is 1.81. The molecule has 1 aromatic heterocycles. The van der Waals surface area contributed by atoms with Crippen LogP contribution in [0.15, 0.2) is 11.0 Å². The Morgan fingerprint density at radius 1 is 1.69 bits per heavy atom. The maximum absolute atomic E-state index is 11.6. The molecule has 0 aliphatic carbocycles. The second-order valence-electron chi connectivity index (χ2n) is 4.10. The number of rotatable bonds is 1. The predicted molar refractivity (Wildman–Crippen MR) is 57.9 cm³/mol. The normalized spacial score (nSPS) is 29.6. The van der Waals surface area contributed by atoms with E-state index in [9.17, 15) is 9.90 Å². The minimum Gasteiger partial charge on any atom is -0.390 e. The van der Waals surface area contributed by atoms with Gasteiger partial charge in [0.1, 0.15) is 12.0 Å². The third-order valence-electron chi connectivity index (χ3n) is 2.84. The minimum absolute atomic E-state index is 0.229. The predicted octanol–water partition coefficient (Wildman–Crippen LogP) is -0.198. The fourth-order valence-electron chi connectivity index (χ4n) is 1.76. The largest absolute Gasteiger partial charge is 0.390 e. The second-order valence-corrected chi connectivity index (χ2v) is 4.10. The quantitative estimate of drug-likeness (QED) is 0.691. The SMILES string of the molecule is Cc1cn([C@H]2C[C@H](O)[C@@H](C)O2)c(=O)nc1N. The molecular weight excluding hydrogens is 210 g/mol. The first-order valence-electron chi connectivity index (χ1n) is 5.18. The lowest BCUT2D eigenvalue weighted by atomic mass is 10.2. The van der Waals surface area contributed by atoms with Crippen molar-refractivity contribution in [2.45, 2.75) is 38.7 Å². The average Bonchev–Trinajstić information content (AvgIpc) is 2.53. The van der Waals surface area contributed by atoms with Gasteiger partial charge in [0.25, 0.3) is 0 Å². The Morgan fingerprint density at radius 3 is 2.94 bits per heavy atom. The van der Waals surface area contributed by atoms with E-state index in [0.29, 0.717) is 6.42 Å². The van der Waals surface area contributed by atoms with E-state index < -0.39 is 18.0 Å². The number of aliphatic hydroxyl groups excluding tert-OH is 1. The molecule has 0 unspecified atom stereocenters. The first-order valence-corrected chi connectivity index (χ1v) is 5.18. The number of ether oxygens (including phenoxy) is 1.